The van der Waals surface area contributed by atoms with Crippen LogP contribution in [0.15, 0.2) is 28.7 Å². The molecule has 2 nitrogen and oxygen atoms in total. The lowest BCUT2D eigenvalue weighted by Gasteiger charge is -2.33. The minimum atomic E-state index is -0.00638. The van der Waals surface area contributed by atoms with Gasteiger partial charge in [0.25, 0.3) is 0 Å². The van der Waals surface area contributed by atoms with Gasteiger partial charge in [-0.25, -0.2) is 0 Å². The van der Waals surface area contributed by atoms with Crippen molar-refractivity contribution in [1.82, 2.24) is 0 Å². The Labute approximate surface area is 131 Å². The molecule has 0 amide bonds. The zero-order chi connectivity index (χ0) is 14.5. The molecule has 0 aliphatic heterocycles. The Morgan fingerprint density at radius 2 is 2.20 bits per heavy atom. The fourth-order valence-electron chi connectivity index (χ4n) is 3.13. The highest BCUT2D eigenvalue weighted by atomic mass is 79.9. The van der Waals surface area contributed by atoms with E-state index in [1.165, 1.54) is 37.7 Å². The number of hydrogen-bond donors (Lipinski definition) is 1. The largest absolute Gasteiger partial charge is 0.369 e. The van der Waals surface area contributed by atoms with Gasteiger partial charge in [0.1, 0.15) is 0 Å². The maximum Gasteiger partial charge on any atom is 0.0977 e. The van der Waals surface area contributed by atoms with E-state index in [0.29, 0.717) is 6.10 Å². The molecule has 20 heavy (non-hydrogen) atoms. The van der Waals surface area contributed by atoms with Crippen LogP contribution in [-0.2, 0) is 4.74 Å². The number of hydrogen-bond acceptors (Lipinski definition) is 2. The summed E-state index contributed by atoms with van der Waals surface area (Å²) in [6.45, 7) is 4.32. The van der Waals surface area contributed by atoms with Crippen molar-refractivity contribution in [2.24, 2.45) is 11.7 Å². The molecular weight excluding hydrogens is 314 g/mol. The van der Waals surface area contributed by atoms with E-state index < -0.39 is 0 Å². The number of halogens is 1. The third-order valence-corrected chi connectivity index (χ3v) is 4.80. The van der Waals surface area contributed by atoms with E-state index >= 15 is 0 Å². The third kappa shape index (κ3) is 4.31. The molecule has 1 fully saturated rings. The normalized spacial score (nSPS) is 26.2. The molecule has 2 rings (SSSR count). The summed E-state index contributed by atoms with van der Waals surface area (Å²) in [7, 11) is 0. The molecule has 1 saturated carbocycles. The lowest BCUT2D eigenvalue weighted by molar-refractivity contribution is -0.0508. The van der Waals surface area contributed by atoms with E-state index in [1.54, 1.807) is 0 Å². The van der Waals surface area contributed by atoms with Gasteiger partial charge in [-0.2, -0.15) is 0 Å². The van der Waals surface area contributed by atoms with Crippen molar-refractivity contribution in [3.05, 3.63) is 34.3 Å². The Morgan fingerprint density at radius 3 is 2.85 bits per heavy atom. The number of benzene rings is 1. The summed E-state index contributed by atoms with van der Waals surface area (Å²) in [5.74, 6) is 0.824. The molecule has 1 aliphatic carbocycles. The average Bonchev–Trinajstić information content (AvgIpc) is 2.44. The van der Waals surface area contributed by atoms with Crippen molar-refractivity contribution in [3.8, 4) is 0 Å². The summed E-state index contributed by atoms with van der Waals surface area (Å²) in [5, 5.41) is 0. The second-order valence-corrected chi connectivity index (χ2v) is 6.95. The summed E-state index contributed by atoms with van der Waals surface area (Å²) < 4.78 is 7.46. The first-order chi connectivity index (χ1) is 9.60. The van der Waals surface area contributed by atoms with Gasteiger partial charge in [-0.15, -0.1) is 0 Å². The van der Waals surface area contributed by atoms with E-state index in [2.05, 4.69) is 35.0 Å². The monoisotopic (exact) mass is 339 g/mol. The minimum absolute atomic E-state index is 0.00584. The van der Waals surface area contributed by atoms with Gasteiger partial charge in [0, 0.05) is 10.5 Å². The quantitative estimate of drug-likeness (QED) is 0.834. The lowest BCUT2D eigenvalue weighted by atomic mass is 9.85. The zero-order valence-corrected chi connectivity index (χ0v) is 14.1. The van der Waals surface area contributed by atoms with Crippen LogP contribution < -0.4 is 5.73 Å². The standard InChI is InChI=1S/C17H26BrNO/c1-3-13-6-4-9-16(10-13)20-17(12(2)19)14-7-5-8-15(18)11-14/h5,7-8,11-13,16-17H,3-4,6,9-10,19H2,1-2H3. The summed E-state index contributed by atoms with van der Waals surface area (Å²) in [5.41, 5.74) is 7.34. The van der Waals surface area contributed by atoms with Crippen LogP contribution >= 0.6 is 15.9 Å². The van der Waals surface area contributed by atoms with Gasteiger partial charge in [0.15, 0.2) is 0 Å². The summed E-state index contributed by atoms with van der Waals surface area (Å²) >= 11 is 3.53. The average molecular weight is 340 g/mol. The van der Waals surface area contributed by atoms with Gasteiger partial charge in [-0.1, -0.05) is 54.2 Å². The van der Waals surface area contributed by atoms with Crippen molar-refractivity contribution in [2.75, 3.05) is 0 Å². The maximum absolute atomic E-state index is 6.38. The first-order valence-electron chi connectivity index (χ1n) is 7.76. The molecule has 0 saturated heterocycles. The predicted octanol–water partition coefficient (Wildman–Crippen LogP) is 4.82. The van der Waals surface area contributed by atoms with Gasteiger partial charge in [-0.3, -0.25) is 0 Å². The van der Waals surface area contributed by atoms with Crippen LogP contribution in [0.2, 0.25) is 0 Å². The number of rotatable bonds is 5. The SMILES string of the molecule is CCC1CCCC(OC(c2cccc(Br)c2)C(C)N)C1. The summed E-state index contributed by atoms with van der Waals surface area (Å²) in [4.78, 5) is 0. The van der Waals surface area contributed by atoms with E-state index in [1.807, 2.05) is 19.1 Å². The lowest BCUT2D eigenvalue weighted by Crippen LogP contribution is -2.32. The zero-order valence-electron chi connectivity index (χ0n) is 12.5. The summed E-state index contributed by atoms with van der Waals surface area (Å²) in [6, 6.07) is 8.32. The Morgan fingerprint density at radius 1 is 1.40 bits per heavy atom. The van der Waals surface area contributed by atoms with Crippen LogP contribution in [0.4, 0.5) is 0 Å². The Balaban J connectivity index is 2.06. The highest BCUT2D eigenvalue weighted by Crippen LogP contribution is 2.33. The summed E-state index contributed by atoms with van der Waals surface area (Å²) in [6.07, 6.45) is 6.63. The van der Waals surface area contributed by atoms with Crippen molar-refractivity contribution in [2.45, 2.75) is 64.2 Å². The molecule has 2 N–H and O–H groups in total. The van der Waals surface area contributed by atoms with Gasteiger partial charge in [0.2, 0.25) is 0 Å². The van der Waals surface area contributed by atoms with E-state index in [0.717, 1.165) is 10.4 Å². The molecule has 1 aliphatic rings. The van der Waals surface area contributed by atoms with Crippen LogP contribution in [0.5, 0.6) is 0 Å². The molecule has 0 heterocycles. The molecule has 1 aromatic carbocycles. The fourth-order valence-corrected chi connectivity index (χ4v) is 3.55. The smallest absolute Gasteiger partial charge is 0.0977 e. The molecule has 0 spiro atoms. The molecule has 0 radical (unpaired) electrons. The number of nitrogens with two attached hydrogens (primary N) is 1. The Hall–Kier alpha value is -0.380. The predicted molar refractivity (Wildman–Crippen MR) is 87.7 cm³/mol. The molecule has 0 bridgehead atoms. The first-order valence-corrected chi connectivity index (χ1v) is 8.56. The van der Waals surface area contributed by atoms with Crippen LogP contribution in [0, 0.1) is 5.92 Å². The van der Waals surface area contributed by atoms with Crippen LogP contribution in [0.25, 0.3) is 0 Å². The molecule has 1 aromatic rings. The highest BCUT2D eigenvalue weighted by molar-refractivity contribution is 9.10. The fraction of sp³-hybridized carbons (Fsp3) is 0.647. The third-order valence-electron chi connectivity index (χ3n) is 4.31. The van der Waals surface area contributed by atoms with Crippen molar-refractivity contribution in [1.29, 1.82) is 0 Å². The molecule has 4 unspecified atom stereocenters. The molecular formula is C17H26BrNO. The van der Waals surface area contributed by atoms with Gasteiger partial charge >= 0.3 is 0 Å². The van der Waals surface area contributed by atoms with Gasteiger partial charge < -0.3 is 10.5 Å². The Bertz CT molecular complexity index is 421. The topological polar surface area (TPSA) is 35.2 Å². The van der Waals surface area contributed by atoms with Gasteiger partial charge in [-0.05, 0) is 43.4 Å². The maximum atomic E-state index is 6.38. The van der Waals surface area contributed by atoms with Crippen LogP contribution in [0.3, 0.4) is 0 Å². The van der Waals surface area contributed by atoms with Crippen molar-refractivity contribution >= 4 is 15.9 Å². The molecule has 112 valence electrons. The second-order valence-electron chi connectivity index (χ2n) is 6.03. The van der Waals surface area contributed by atoms with Crippen molar-refractivity contribution < 1.29 is 4.74 Å². The Kier molecular flexibility index (Phi) is 6.06. The van der Waals surface area contributed by atoms with Gasteiger partial charge in [0.05, 0.1) is 12.2 Å². The first kappa shape index (κ1) is 16.0. The van der Waals surface area contributed by atoms with E-state index in [9.17, 15) is 0 Å². The minimum Gasteiger partial charge on any atom is -0.369 e. The number of ether oxygens (including phenoxy) is 1. The molecule has 0 aromatic heterocycles. The van der Waals surface area contributed by atoms with Crippen LogP contribution in [-0.4, -0.2) is 12.1 Å². The van der Waals surface area contributed by atoms with E-state index in [4.69, 9.17) is 10.5 Å². The molecule has 4 atom stereocenters. The van der Waals surface area contributed by atoms with Crippen LogP contribution in [0.1, 0.15) is 57.6 Å². The highest BCUT2D eigenvalue weighted by Gasteiger charge is 2.26. The second kappa shape index (κ2) is 7.58. The van der Waals surface area contributed by atoms with Crippen molar-refractivity contribution in [3.63, 3.8) is 0 Å². The molecule has 3 heteroatoms. The van der Waals surface area contributed by atoms with E-state index in [-0.39, 0.29) is 12.1 Å².